The summed E-state index contributed by atoms with van der Waals surface area (Å²) in [6.07, 6.45) is 3.93. The highest BCUT2D eigenvalue weighted by atomic mass is 28.4. The van der Waals surface area contributed by atoms with Crippen molar-refractivity contribution in [3.63, 3.8) is 0 Å². The minimum absolute atomic E-state index is 0.00249. The van der Waals surface area contributed by atoms with Crippen molar-refractivity contribution in [1.82, 2.24) is 0 Å². The predicted molar refractivity (Wildman–Crippen MR) is 129 cm³/mol. The predicted octanol–water partition coefficient (Wildman–Crippen LogP) is 5.03. The quantitative estimate of drug-likeness (QED) is 0.452. The zero-order valence-corrected chi connectivity index (χ0v) is 19.9. The first kappa shape index (κ1) is 21.9. The van der Waals surface area contributed by atoms with Crippen molar-refractivity contribution in [2.45, 2.75) is 50.9 Å². The summed E-state index contributed by atoms with van der Waals surface area (Å²) < 4.78 is 18.6. The molecule has 0 spiro atoms. The molecule has 1 aliphatic carbocycles. The van der Waals surface area contributed by atoms with Gasteiger partial charge in [0.15, 0.2) is 0 Å². The van der Waals surface area contributed by atoms with E-state index in [9.17, 15) is 0 Å². The lowest BCUT2D eigenvalue weighted by molar-refractivity contribution is -0.0971. The van der Waals surface area contributed by atoms with Gasteiger partial charge in [-0.15, -0.1) is 0 Å². The Morgan fingerprint density at radius 1 is 0.968 bits per heavy atom. The second kappa shape index (κ2) is 8.68. The SMILES string of the molecule is C=CC1C[C@H]([C@@H]2C[C@H]2CO[Si](c2ccccc2)(c2ccccc2)C(C)(C)C)OC(=C)O1. The van der Waals surface area contributed by atoms with Crippen molar-refractivity contribution in [3.8, 4) is 0 Å². The Hall–Kier alpha value is -2.30. The van der Waals surface area contributed by atoms with Crippen LogP contribution in [0.25, 0.3) is 0 Å². The summed E-state index contributed by atoms with van der Waals surface area (Å²) >= 11 is 0. The molecule has 4 heteroatoms. The molecule has 0 bridgehead atoms. The van der Waals surface area contributed by atoms with E-state index in [0.717, 1.165) is 19.4 Å². The van der Waals surface area contributed by atoms with Gasteiger partial charge in [-0.05, 0) is 34.3 Å². The van der Waals surface area contributed by atoms with Crippen LogP contribution in [0.4, 0.5) is 0 Å². The van der Waals surface area contributed by atoms with E-state index in [0.29, 0.717) is 17.8 Å². The summed E-state index contributed by atoms with van der Waals surface area (Å²) in [6, 6.07) is 21.7. The second-order valence-electron chi connectivity index (χ2n) is 9.79. The third-order valence-electron chi connectivity index (χ3n) is 6.68. The Morgan fingerprint density at radius 2 is 1.55 bits per heavy atom. The summed E-state index contributed by atoms with van der Waals surface area (Å²) in [5.41, 5.74) is 0. The third-order valence-corrected chi connectivity index (χ3v) is 11.7. The summed E-state index contributed by atoms with van der Waals surface area (Å²) in [4.78, 5) is 0. The zero-order chi connectivity index (χ0) is 22.1. The number of hydrogen-bond acceptors (Lipinski definition) is 3. The Balaban J connectivity index is 1.57. The molecular weight excluding hydrogens is 400 g/mol. The van der Waals surface area contributed by atoms with Crippen LogP contribution in [-0.2, 0) is 13.9 Å². The van der Waals surface area contributed by atoms with Crippen LogP contribution in [0, 0.1) is 11.8 Å². The molecule has 1 heterocycles. The average Bonchev–Trinajstić information content (AvgIpc) is 3.54. The molecule has 3 nitrogen and oxygen atoms in total. The molecule has 31 heavy (non-hydrogen) atoms. The van der Waals surface area contributed by atoms with Crippen LogP contribution < -0.4 is 10.4 Å². The number of hydrogen-bond donors (Lipinski definition) is 0. The highest BCUT2D eigenvalue weighted by Crippen LogP contribution is 2.47. The van der Waals surface area contributed by atoms with Crippen LogP contribution in [0.1, 0.15) is 33.6 Å². The van der Waals surface area contributed by atoms with Crippen molar-refractivity contribution in [2.24, 2.45) is 11.8 Å². The van der Waals surface area contributed by atoms with Crippen LogP contribution in [0.5, 0.6) is 0 Å². The molecule has 2 aromatic rings. The summed E-state index contributed by atoms with van der Waals surface area (Å²) in [6.45, 7) is 15.5. The average molecular weight is 435 g/mol. The molecule has 4 atom stereocenters. The van der Waals surface area contributed by atoms with Gasteiger partial charge in [-0.1, -0.05) is 94.1 Å². The Kier molecular flexibility index (Phi) is 6.13. The molecule has 1 aliphatic heterocycles. The molecule has 2 aromatic carbocycles. The van der Waals surface area contributed by atoms with Gasteiger partial charge < -0.3 is 13.9 Å². The Labute approximate surface area is 187 Å². The van der Waals surface area contributed by atoms with Gasteiger partial charge in [-0.3, -0.25) is 0 Å². The molecule has 4 rings (SSSR count). The first-order chi connectivity index (χ1) is 14.8. The van der Waals surface area contributed by atoms with Gasteiger partial charge >= 0.3 is 0 Å². The fraction of sp³-hybridized carbons (Fsp3) is 0.407. The van der Waals surface area contributed by atoms with Crippen molar-refractivity contribution >= 4 is 18.7 Å². The maximum atomic E-state index is 7.10. The first-order valence-electron chi connectivity index (χ1n) is 11.2. The van der Waals surface area contributed by atoms with Gasteiger partial charge in [0.1, 0.15) is 12.2 Å². The van der Waals surface area contributed by atoms with Gasteiger partial charge in [0.2, 0.25) is 0 Å². The van der Waals surface area contributed by atoms with Crippen LogP contribution in [-0.4, -0.2) is 27.1 Å². The molecule has 2 fully saturated rings. The number of rotatable bonds is 7. The van der Waals surface area contributed by atoms with Gasteiger partial charge in [0.05, 0.1) is 0 Å². The third kappa shape index (κ3) is 4.37. The second-order valence-corrected chi connectivity index (χ2v) is 14.1. The standard InChI is InChI=1S/C27H34O3Si/c1-6-22-18-26(30-20(2)29-22)25-17-21(25)19-28-31(27(3,4)5,23-13-9-7-10-14-23)24-15-11-8-12-16-24/h6-16,21-22,25-26H,1-2,17-19H2,3-5H3/t21-,22?,25+,26+/m0/s1. The normalized spacial score (nSPS) is 26.0. The Morgan fingerprint density at radius 3 is 2.06 bits per heavy atom. The van der Waals surface area contributed by atoms with Gasteiger partial charge in [-0.25, -0.2) is 0 Å². The molecule has 164 valence electrons. The number of ether oxygens (including phenoxy) is 2. The van der Waals surface area contributed by atoms with E-state index in [1.54, 1.807) is 0 Å². The van der Waals surface area contributed by atoms with Crippen LogP contribution >= 0.6 is 0 Å². The van der Waals surface area contributed by atoms with E-state index in [2.05, 4.69) is 94.6 Å². The highest BCUT2D eigenvalue weighted by molar-refractivity contribution is 6.99. The maximum Gasteiger partial charge on any atom is 0.272 e. The van der Waals surface area contributed by atoms with E-state index in [1.165, 1.54) is 10.4 Å². The van der Waals surface area contributed by atoms with Crippen LogP contribution in [0.3, 0.4) is 0 Å². The van der Waals surface area contributed by atoms with Gasteiger partial charge in [0, 0.05) is 18.9 Å². The molecule has 0 amide bonds. The zero-order valence-electron chi connectivity index (χ0n) is 18.9. The summed E-state index contributed by atoms with van der Waals surface area (Å²) in [7, 11) is -2.48. The fourth-order valence-electron chi connectivity index (χ4n) is 5.01. The van der Waals surface area contributed by atoms with Crippen molar-refractivity contribution < 1.29 is 13.9 Å². The smallest absolute Gasteiger partial charge is 0.272 e. The van der Waals surface area contributed by atoms with Gasteiger partial charge in [-0.2, -0.15) is 0 Å². The van der Waals surface area contributed by atoms with E-state index >= 15 is 0 Å². The molecule has 1 saturated carbocycles. The lowest BCUT2D eigenvalue weighted by atomic mass is 10.1. The molecule has 1 unspecified atom stereocenters. The van der Waals surface area contributed by atoms with Crippen LogP contribution in [0.2, 0.25) is 5.04 Å². The molecule has 0 N–H and O–H groups in total. The molecule has 1 saturated heterocycles. The molecule has 0 radical (unpaired) electrons. The monoisotopic (exact) mass is 434 g/mol. The van der Waals surface area contributed by atoms with Crippen molar-refractivity contribution in [2.75, 3.05) is 6.61 Å². The summed E-state index contributed by atoms with van der Waals surface area (Å²) in [5, 5.41) is 2.65. The largest absolute Gasteiger partial charge is 0.462 e. The molecular formula is C27H34O3Si. The maximum absolute atomic E-state index is 7.10. The summed E-state index contributed by atoms with van der Waals surface area (Å²) in [5.74, 6) is 1.41. The lowest BCUT2D eigenvalue weighted by Gasteiger charge is -2.43. The first-order valence-corrected chi connectivity index (χ1v) is 13.2. The fourth-order valence-corrected chi connectivity index (χ4v) is 9.63. The topological polar surface area (TPSA) is 27.7 Å². The minimum atomic E-state index is -2.48. The van der Waals surface area contributed by atoms with E-state index in [4.69, 9.17) is 13.9 Å². The number of benzene rings is 2. The minimum Gasteiger partial charge on any atom is -0.462 e. The van der Waals surface area contributed by atoms with Gasteiger partial charge in [0.25, 0.3) is 14.3 Å². The van der Waals surface area contributed by atoms with E-state index in [-0.39, 0.29) is 17.2 Å². The molecule has 0 aromatic heterocycles. The lowest BCUT2D eigenvalue weighted by Crippen LogP contribution is -2.66. The van der Waals surface area contributed by atoms with Crippen LogP contribution in [0.15, 0.2) is 85.8 Å². The Bertz CT molecular complexity index is 864. The molecule has 2 aliphatic rings. The van der Waals surface area contributed by atoms with E-state index < -0.39 is 8.32 Å². The van der Waals surface area contributed by atoms with Crippen molar-refractivity contribution in [1.29, 1.82) is 0 Å². The highest BCUT2D eigenvalue weighted by Gasteiger charge is 2.53. The van der Waals surface area contributed by atoms with Crippen molar-refractivity contribution in [3.05, 3.63) is 85.8 Å². The van der Waals surface area contributed by atoms with E-state index in [1.807, 2.05) is 6.08 Å².